The number of rotatable bonds is 3. The first kappa shape index (κ1) is 16.0. The summed E-state index contributed by atoms with van der Waals surface area (Å²) in [5.41, 5.74) is 3.32. The second kappa shape index (κ2) is 7.16. The van der Waals surface area contributed by atoms with E-state index >= 15 is 0 Å². The van der Waals surface area contributed by atoms with Gasteiger partial charge in [-0.25, -0.2) is 0 Å². The summed E-state index contributed by atoms with van der Waals surface area (Å²) in [6.45, 7) is 6.41. The van der Waals surface area contributed by atoms with E-state index in [1.54, 1.807) is 24.3 Å². The van der Waals surface area contributed by atoms with Crippen LogP contribution in [0.4, 0.5) is 0 Å². The number of hydrogen-bond donors (Lipinski definition) is 0. The molecule has 0 atom stereocenters. The van der Waals surface area contributed by atoms with Crippen molar-refractivity contribution in [2.24, 2.45) is 0 Å². The summed E-state index contributed by atoms with van der Waals surface area (Å²) in [6.07, 6.45) is 0. The minimum absolute atomic E-state index is 0.0941. The monoisotopic (exact) mass is 328 g/mol. The van der Waals surface area contributed by atoms with Crippen molar-refractivity contribution >= 4 is 17.5 Å². The van der Waals surface area contributed by atoms with Crippen LogP contribution in [0.2, 0.25) is 5.02 Å². The fourth-order valence-corrected chi connectivity index (χ4v) is 2.96. The number of carbonyl (C=O) groups is 1. The van der Waals surface area contributed by atoms with E-state index in [2.05, 4.69) is 36.1 Å². The SMILES string of the molecule is Cc1ccc(CN2CCN(C(=O)c3ccc(Cl)cc3)CC2)cc1. The summed E-state index contributed by atoms with van der Waals surface area (Å²) in [5, 5.41) is 0.657. The third-order valence-corrected chi connectivity index (χ3v) is 4.53. The van der Waals surface area contributed by atoms with E-state index in [9.17, 15) is 4.79 Å². The molecule has 2 aromatic rings. The van der Waals surface area contributed by atoms with Crippen molar-refractivity contribution in [3.05, 3.63) is 70.2 Å². The Kier molecular flexibility index (Phi) is 4.99. The van der Waals surface area contributed by atoms with Crippen LogP contribution in [0.1, 0.15) is 21.5 Å². The molecule has 0 unspecified atom stereocenters. The smallest absolute Gasteiger partial charge is 0.253 e. The van der Waals surface area contributed by atoms with Gasteiger partial charge >= 0.3 is 0 Å². The largest absolute Gasteiger partial charge is 0.336 e. The molecule has 0 aliphatic carbocycles. The molecule has 3 nitrogen and oxygen atoms in total. The number of piperazine rings is 1. The molecule has 0 radical (unpaired) electrons. The molecule has 1 fully saturated rings. The highest BCUT2D eigenvalue weighted by atomic mass is 35.5. The first-order chi connectivity index (χ1) is 11.1. The van der Waals surface area contributed by atoms with Crippen molar-refractivity contribution in [2.75, 3.05) is 26.2 Å². The Morgan fingerprint density at radius 3 is 2.17 bits per heavy atom. The second-order valence-electron chi connectivity index (χ2n) is 6.06. The van der Waals surface area contributed by atoms with Crippen molar-refractivity contribution in [3.8, 4) is 0 Å². The van der Waals surface area contributed by atoms with Gasteiger partial charge in [-0.1, -0.05) is 41.4 Å². The molecule has 0 spiro atoms. The number of nitrogens with zero attached hydrogens (tertiary/aromatic N) is 2. The Labute approximate surface area is 142 Å². The third kappa shape index (κ3) is 4.12. The molecule has 1 saturated heterocycles. The third-order valence-electron chi connectivity index (χ3n) is 4.28. The first-order valence-corrected chi connectivity index (χ1v) is 8.32. The predicted octanol–water partition coefficient (Wildman–Crippen LogP) is 3.61. The molecule has 1 amide bonds. The highest BCUT2D eigenvalue weighted by molar-refractivity contribution is 6.30. The van der Waals surface area contributed by atoms with Crippen molar-refractivity contribution in [1.29, 1.82) is 0 Å². The molecule has 1 aliphatic rings. The zero-order valence-corrected chi connectivity index (χ0v) is 14.1. The lowest BCUT2D eigenvalue weighted by Gasteiger charge is -2.34. The van der Waals surface area contributed by atoms with Gasteiger partial charge in [-0.2, -0.15) is 0 Å². The van der Waals surface area contributed by atoms with Gasteiger partial charge in [-0.3, -0.25) is 9.69 Å². The first-order valence-electron chi connectivity index (χ1n) is 7.94. The van der Waals surface area contributed by atoms with Gasteiger partial charge in [-0.15, -0.1) is 0 Å². The lowest BCUT2D eigenvalue weighted by Crippen LogP contribution is -2.48. The van der Waals surface area contributed by atoms with Crippen LogP contribution in [0.3, 0.4) is 0 Å². The fraction of sp³-hybridized carbons (Fsp3) is 0.316. The van der Waals surface area contributed by atoms with Crippen molar-refractivity contribution in [1.82, 2.24) is 9.80 Å². The molecule has 1 aliphatic heterocycles. The summed E-state index contributed by atoms with van der Waals surface area (Å²) < 4.78 is 0. The standard InChI is InChI=1S/C19H21ClN2O/c1-15-2-4-16(5-3-15)14-21-10-12-22(13-11-21)19(23)17-6-8-18(20)9-7-17/h2-9H,10-14H2,1H3. The summed E-state index contributed by atoms with van der Waals surface area (Å²) in [4.78, 5) is 16.8. The minimum atomic E-state index is 0.0941. The van der Waals surface area contributed by atoms with Gasteiger partial charge in [0.2, 0.25) is 0 Å². The van der Waals surface area contributed by atoms with Crippen molar-refractivity contribution in [2.45, 2.75) is 13.5 Å². The number of amides is 1. The minimum Gasteiger partial charge on any atom is -0.336 e. The molecule has 120 valence electrons. The van der Waals surface area contributed by atoms with E-state index in [-0.39, 0.29) is 5.91 Å². The maximum atomic E-state index is 12.5. The highest BCUT2D eigenvalue weighted by Gasteiger charge is 2.22. The van der Waals surface area contributed by atoms with Crippen molar-refractivity contribution < 1.29 is 4.79 Å². The van der Waals surface area contributed by atoms with Gasteiger partial charge < -0.3 is 4.90 Å². The number of aryl methyl sites for hydroxylation is 1. The lowest BCUT2D eigenvalue weighted by molar-refractivity contribution is 0.0628. The van der Waals surface area contributed by atoms with Crippen molar-refractivity contribution in [3.63, 3.8) is 0 Å². The van der Waals surface area contributed by atoms with E-state index in [1.807, 2.05) is 4.90 Å². The average molecular weight is 329 g/mol. The van der Waals surface area contributed by atoms with Crippen LogP contribution < -0.4 is 0 Å². The highest BCUT2D eigenvalue weighted by Crippen LogP contribution is 2.14. The van der Waals surface area contributed by atoms with E-state index in [0.29, 0.717) is 10.6 Å². The summed E-state index contributed by atoms with van der Waals surface area (Å²) in [6, 6.07) is 15.8. The fourth-order valence-electron chi connectivity index (χ4n) is 2.84. The zero-order chi connectivity index (χ0) is 16.2. The molecule has 3 rings (SSSR count). The number of benzene rings is 2. The van der Waals surface area contributed by atoms with Crippen LogP contribution in [0.15, 0.2) is 48.5 Å². The Balaban J connectivity index is 1.54. The summed E-state index contributed by atoms with van der Waals surface area (Å²) in [7, 11) is 0. The molecular weight excluding hydrogens is 308 g/mol. The van der Waals surface area contributed by atoms with Gasteiger partial charge in [0.25, 0.3) is 5.91 Å². The van der Waals surface area contributed by atoms with E-state index in [1.165, 1.54) is 11.1 Å². The Morgan fingerprint density at radius 2 is 1.57 bits per heavy atom. The Hall–Kier alpha value is -1.84. The summed E-state index contributed by atoms with van der Waals surface area (Å²) >= 11 is 5.88. The molecule has 0 bridgehead atoms. The Bertz CT molecular complexity index is 659. The molecule has 0 aromatic heterocycles. The van der Waals surface area contributed by atoms with Crippen LogP contribution in [0, 0.1) is 6.92 Å². The number of carbonyl (C=O) groups excluding carboxylic acids is 1. The maximum absolute atomic E-state index is 12.5. The average Bonchev–Trinajstić information content (AvgIpc) is 2.58. The zero-order valence-electron chi connectivity index (χ0n) is 13.3. The molecule has 0 saturated carbocycles. The van der Waals surface area contributed by atoms with Crippen LogP contribution >= 0.6 is 11.6 Å². The van der Waals surface area contributed by atoms with Crippen LogP contribution in [-0.2, 0) is 6.54 Å². The van der Waals surface area contributed by atoms with Gasteiger partial charge in [0.05, 0.1) is 0 Å². The van der Waals surface area contributed by atoms with E-state index < -0.39 is 0 Å². The molecular formula is C19H21ClN2O. The van der Waals surface area contributed by atoms with Gasteiger partial charge in [0.1, 0.15) is 0 Å². The van der Waals surface area contributed by atoms with Crippen LogP contribution in [0.5, 0.6) is 0 Å². The van der Waals surface area contributed by atoms with Gasteiger partial charge in [-0.05, 0) is 36.8 Å². The molecule has 1 heterocycles. The topological polar surface area (TPSA) is 23.6 Å². The van der Waals surface area contributed by atoms with Gasteiger partial charge in [0, 0.05) is 43.3 Å². The van der Waals surface area contributed by atoms with Gasteiger partial charge in [0.15, 0.2) is 0 Å². The Morgan fingerprint density at radius 1 is 0.957 bits per heavy atom. The van der Waals surface area contributed by atoms with E-state index in [0.717, 1.165) is 32.7 Å². The molecule has 4 heteroatoms. The second-order valence-corrected chi connectivity index (χ2v) is 6.50. The summed E-state index contributed by atoms with van der Waals surface area (Å²) in [5.74, 6) is 0.0941. The molecule has 2 aromatic carbocycles. The molecule has 0 N–H and O–H groups in total. The number of hydrogen-bond acceptors (Lipinski definition) is 2. The predicted molar refractivity (Wildman–Crippen MR) is 93.8 cm³/mol. The lowest BCUT2D eigenvalue weighted by atomic mass is 10.1. The van der Waals surface area contributed by atoms with E-state index in [4.69, 9.17) is 11.6 Å². The maximum Gasteiger partial charge on any atom is 0.253 e. The molecule has 23 heavy (non-hydrogen) atoms. The van der Waals surface area contributed by atoms with Crippen LogP contribution in [-0.4, -0.2) is 41.9 Å². The number of halogens is 1. The quantitative estimate of drug-likeness (QED) is 0.859. The normalized spacial score (nSPS) is 15.7. The van der Waals surface area contributed by atoms with Crippen LogP contribution in [0.25, 0.3) is 0 Å².